The Bertz CT molecular complexity index is 901. The molecule has 2 heterocycles. The van der Waals surface area contributed by atoms with E-state index in [1.165, 1.54) is 48.5 Å². The number of allylic oxidation sites excluding steroid dienone is 2. The SMILES string of the molecule is FC(F)(F)C1=C(C(F)(F)F)OP2(Oc3ccccc3)(O1)Oc1ccccc1O2. The van der Waals surface area contributed by atoms with E-state index in [1.807, 2.05) is 0 Å². The van der Waals surface area contributed by atoms with Gasteiger partial charge in [-0.05, 0) is 0 Å². The second kappa shape index (κ2) is 5.60. The van der Waals surface area contributed by atoms with Crippen LogP contribution in [0.15, 0.2) is 66.1 Å². The van der Waals surface area contributed by atoms with E-state index in [2.05, 4.69) is 9.05 Å². The first-order valence-electron chi connectivity index (χ1n) is 7.56. The van der Waals surface area contributed by atoms with E-state index in [4.69, 9.17) is 13.6 Å². The second-order valence-corrected chi connectivity index (χ2v) is 8.02. The Labute approximate surface area is 153 Å². The number of hydrogen-bond acceptors (Lipinski definition) is 5. The quantitative estimate of drug-likeness (QED) is 0.432. The number of hydrogen-bond donors (Lipinski definition) is 0. The van der Waals surface area contributed by atoms with Crippen LogP contribution in [0.3, 0.4) is 0 Å². The summed E-state index contributed by atoms with van der Waals surface area (Å²) >= 11 is 0. The number of alkyl halides is 6. The van der Waals surface area contributed by atoms with Gasteiger partial charge >= 0.3 is 152 Å². The molecule has 0 atom stereocenters. The molecule has 1 spiro atoms. The number of rotatable bonds is 2. The van der Waals surface area contributed by atoms with Crippen LogP contribution < -0.4 is 13.6 Å². The topological polar surface area (TPSA) is 46.2 Å². The maximum atomic E-state index is 13.3. The molecule has 0 aliphatic carbocycles. The van der Waals surface area contributed by atoms with Gasteiger partial charge in [-0.2, -0.15) is 0 Å². The third kappa shape index (κ3) is 2.95. The van der Waals surface area contributed by atoms with Crippen LogP contribution in [0.5, 0.6) is 17.2 Å². The van der Waals surface area contributed by atoms with Gasteiger partial charge in [-0.25, -0.2) is 0 Å². The normalized spacial score (nSPS) is 20.9. The number of fused-ring (bicyclic) bond motifs is 1. The molecule has 0 unspecified atom stereocenters. The van der Waals surface area contributed by atoms with Crippen LogP contribution >= 0.6 is 7.74 Å². The van der Waals surface area contributed by atoms with Gasteiger partial charge in [0, 0.05) is 0 Å². The Morgan fingerprint density at radius 1 is 0.607 bits per heavy atom. The number of para-hydroxylation sites is 3. The van der Waals surface area contributed by atoms with Crippen molar-refractivity contribution < 1.29 is 49.0 Å². The molecule has 12 heteroatoms. The van der Waals surface area contributed by atoms with E-state index in [-0.39, 0.29) is 17.2 Å². The first-order chi connectivity index (χ1) is 13.0. The molecule has 28 heavy (non-hydrogen) atoms. The van der Waals surface area contributed by atoms with Gasteiger partial charge in [0.25, 0.3) is 0 Å². The third-order valence-corrected chi connectivity index (χ3v) is 6.00. The minimum atomic E-state index is -5.93. The Balaban J connectivity index is 1.86. The summed E-state index contributed by atoms with van der Waals surface area (Å²) < 4.78 is 105. The van der Waals surface area contributed by atoms with Gasteiger partial charge in [0.2, 0.25) is 0 Å². The fourth-order valence-electron chi connectivity index (χ4n) is 2.50. The Morgan fingerprint density at radius 2 is 1.04 bits per heavy atom. The van der Waals surface area contributed by atoms with Crippen LogP contribution in [-0.4, -0.2) is 12.4 Å². The van der Waals surface area contributed by atoms with Gasteiger partial charge in [0.05, 0.1) is 0 Å². The summed E-state index contributed by atoms with van der Waals surface area (Å²) in [4.78, 5) is 0. The summed E-state index contributed by atoms with van der Waals surface area (Å²) in [6, 6.07) is 12.3. The van der Waals surface area contributed by atoms with E-state index < -0.39 is 31.6 Å². The predicted molar refractivity (Wildman–Crippen MR) is 83.0 cm³/mol. The molecule has 2 aliphatic heterocycles. The summed E-state index contributed by atoms with van der Waals surface area (Å²) in [7, 11) is -5.93. The molecule has 0 bridgehead atoms. The van der Waals surface area contributed by atoms with Gasteiger partial charge in [0.15, 0.2) is 0 Å². The molecule has 0 N–H and O–H groups in total. The molecular weight excluding hydrogens is 417 g/mol. The molecule has 0 amide bonds. The Morgan fingerprint density at radius 3 is 1.46 bits per heavy atom. The van der Waals surface area contributed by atoms with Gasteiger partial charge in [-0.15, -0.1) is 0 Å². The molecule has 2 aliphatic rings. The van der Waals surface area contributed by atoms with Crippen LogP contribution in [0.1, 0.15) is 0 Å². The average Bonchev–Trinajstić information content (AvgIpc) is 3.11. The molecule has 2 aromatic rings. The molecule has 0 saturated heterocycles. The molecule has 5 nitrogen and oxygen atoms in total. The monoisotopic (exact) mass is 426 g/mol. The van der Waals surface area contributed by atoms with Crippen molar-refractivity contribution in [2.75, 3.05) is 0 Å². The van der Waals surface area contributed by atoms with Crippen LogP contribution in [0.25, 0.3) is 0 Å². The standard InChI is InChI=1S/C16H9F6O5P/c17-15(18,19)13-14(16(20,21)22)27-28(26-13,23-10-6-2-1-3-7-10)24-11-8-4-5-9-12(11)25-28/h1-9H. The molecule has 0 aromatic heterocycles. The second-order valence-electron chi connectivity index (χ2n) is 5.62. The molecule has 150 valence electrons. The molecular formula is C16H9F6O5P. The Hall–Kier alpha value is -2.81. The van der Waals surface area contributed by atoms with Gasteiger partial charge in [0.1, 0.15) is 0 Å². The van der Waals surface area contributed by atoms with Crippen molar-refractivity contribution in [2.45, 2.75) is 12.4 Å². The molecule has 4 rings (SSSR count). The van der Waals surface area contributed by atoms with Gasteiger partial charge in [-0.1, -0.05) is 0 Å². The summed E-state index contributed by atoms with van der Waals surface area (Å²) in [6.07, 6.45) is -11.1. The first-order valence-corrected chi connectivity index (χ1v) is 9.38. The van der Waals surface area contributed by atoms with E-state index in [9.17, 15) is 26.3 Å². The fraction of sp³-hybridized carbons (Fsp3) is 0.125. The van der Waals surface area contributed by atoms with Crippen LogP contribution in [0.2, 0.25) is 0 Å². The van der Waals surface area contributed by atoms with Gasteiger partial charge in [-0.3, -0.25) is 0 Å². The van der Waals surface area contributed by atoms with Crippen molar-refractivity contribution in [1.82, 2.24) is 0 Å². The molecule has 0 radical (unpaired) electrons. The minimum absolute atomic E-state index is 0.182. The molecule has 0 fully saturated rings. The zero-order chi connectivity index (χ0) is 20.2. The fourth-order valence-corrected chi connectivity index (χ4v) is 5.26. The predicted octanol–water partition coefficient (Wildman–Crippen LogP) is 6.05. The third-order valence-electron chi connectivity index (χ3n) is 3.54. The number of benzene rings is 2. The van der Waals surface area contributed by atoms with E-state index in [1.54, 1.807) is 6.07 Å². The van der Waals surface area contributed by atoms with Crippen LogP contribution in [0.4, 0.5) is 26.3 Å². The average molecular weight is 426 g/mol. The van der Waals surface area contributed by atoms with E-state index in [0.717, 1.165) is 0 Å². The van der Waals surface area contributed by atoms with E-state index >= 15 is 0 Å². The zero-order valence-corrected chi connectivity index (χ0v) is 14.3. The summed E-state index contributed by atoms with van der Waals surface area (Å²) in [5.74, 6) is -5.46. The first kappa shape index (κ1) is 18.5. The van der Waals surface area contributed by atoms with Crippen molar-refractivity contribution in [1.29, 1.82) is 0 Å². The number of halogens is 6. The summed E-state index contributed by atoms with van der Waals surface area (Å²) in [5, 5.41) is 0. The van der Waals surface area contributed by atoms with Crippen LogP contribution in [-0.2, 0) is 9.05 Å². The van der Waals surface area contributed by atoms with Crippen molar-refractivity contribution in [3.8, 4) is 17.2 Å². The van der Waals surface area contributed by atoms with Crippen molar-refractivity contribution in [2.24, 2.45) is 0 Å². The summed E-state index contributed by atoms with van der Waals surface area (Å²) in [6.45, 7) is 0. The van der Waals surface area contributed by atoms with Crippen LogP contribution in [0, 0.1) is 0 Å². The molecule has 0 saturated carbocycles. The van der Waals surface area contributed by atoms with Crippen molar-refractivity contribution in [3.63, 3.8) is 0 Å². The van der Waals surface area contributed by atoms with Crippen molar-refractivity contribution >= 4 is 7.74 Å². The summed E-state index contributed by atoms with van der Waals surface area (Å²) in [5.41, 5.74) is 0. The Kier molecular flexibility index (Phi) is 3.71. The van der Waals surface area contributed by atoms with Gasteiger partial charge < -0.3 is 0 Å². The maximum absolute atomic E-state index is 13.3. The molecule has 2 aromatic carbocycles. The zero-order valence-electron chi connectivity index (χ0n) is 13.5. The van der Waals surface area contributed by atoms with E-state index in [0.29, 0.717) is 0 Å². The van der Waals surface area contributed by atoms with Crippen molar-refractivity contribution in [3.05, 3.63) is 66.1 Å².